The van der Waals surface area contributed by atoms with Gasteiger partial charge in [0.05, 0.1) is 23.8 Å². The van der Waals surface area contributed by atoms with Crippen molar-refractivity contribution >= 4 is 51.3 Å². The van der Waals surface area contributed by atoms with Crippen LogP contribution in [0.4, 0.5) is 0 Å². The second-order valence-electron chi connectivity index (χ2n) is 9.29. The summed E-state index contributed by atoms with van der Waals surface area (Å²) in [6.07, 6.45) is 18.3. The molecule has 35 heavy (non-hydrogen) atoms. The Kier molecular flexibility index (Phi) is 7.60. The van der Waals surface area contributed by atoms with Crippen molar-refractivity contribution in [3.63, 3.8) is 0 Å². The van der Waals surface area contributed by atoms with Crippen LogP contribution < -0.4 is 10.4 Å². The summed E-state index contributed by atoms with van der Waals surface area (Å²) < 4.78 is 6.94. The van der Waals surface area contributed by atoms with Gasteiger partial charge in [-0.25, -0.2) is 0 Å². The van der Waals surface area contributed by atoms with Gasteiger partial charge in [-0.05, 0) is 59.8 Å². The lowest BCUT2D eigenvalue weighted by atomic mass is 10.2. The Morgan fingerprint density at radius 3 is 1.29 bits per heavy atom. The van der Waals surface area contributed by atoms with Gasteiger partial charge in [-0.1, -0.05) is 60.7 Å². The molecule has 0 radical (unpaired) electrons. The number of nitrogens with zero attached hydrogens (tertiary/aromatic N) is 4. The fourth-order valence-corrected chi connectivity index (χ4v) is 11.9. The summed E-state index contributed by atoms with van der Waals surface area (Å²) in [5.74, 6) is 0. The van der Waals surface area contributed by atoms with Gasteiger partial charge in [0, 0.05) is 24.8 Å². The third-order valence-corrected chi connectivity index (χ3v) is 13.3. The molecule has 0 N–H and O–H groups in total. The van der Waals surface area contributed by atoms with Gasteiger partial charge in [-0.2, -0.15) is 0 Å². The van der Waals surface area contributed by atoms with Gasteiger partial charge in [0.1, 0.15) is 0 Å². The minimum atomic E-state index is -2.09. The summed E-state index contributed by atoms with van der Waals surface area (Å²) in [5, 5.41) is 2.58. The number of hydrogen-bond donors (Lipinski definition) is 0. The van der Waals surface area contributed by atoms with Crippen LogP contribution in [0.3, 0.4) is 0 Å². The van der Waals surface area contributed by atoms with Crippen molar-refractivity contribution in [2.24, 2.45) is 0 Å². The van der Waals surface area contributed by atoms with E-state index in [1.165, 1.54) is 10.4 Å². The molecule has 0 spiro atoms. The zero-order chi connectivity index (χ0) is 24.7. The molecular weight excluding hydrogens is 465 g/mol. The normalized spacial score (nSPS) is 12.5. The summed E-state index contributed by atoms with van der Waals surface area (Å²) in [6.45, 7) is 9.13. The summed E-state index contributed by atoms with van der Waals surface area (Å²) in [4.78, 5) is 16.8. The lowest BCUT2D eigenvalue weighted by molar-refractivity contribution is 0.573. The summed E-state index contributed by atoms with van der Waals surface area (Å²) in [7, 11) is -4.19. The number of hydrogen-bond acceptors (Lipinski definition) is 5. The number of aromatic nitrogens is 4. The molecular formula is C28H30N4OSi2. The van der Waals surface area contributed by atoms with Crippen LogP contribution in [0.25, 0.3) is 24.3 Å². The van der Waals surface area contributed by atoms with E-state index >= 15 is 0 Å². The van der Waals surface area contributed by atoms with Crippen LogP contribution in [0.2, 0.25) is 26.2 Å². The molecule has 0 unspecified atom stereocenters. The average molecular weight is 495 g/mol. The van der Waals surface area contributed by atoms with E-state index < -0.39 is 16.6 Å². The van der Waals surface area contributed by atoms with Crippen molar-refractivity contribution in [3.05, 3.63) is 108 Å². The second-order valence-corrected chi connectivity index (χ2v) is 17.3. The van der Waals surface area contributed by atoms with E-state index in [1.54, 1.807) is 37.2 Å². The maximum absolute atomic E-state index is 6.94. The van der Waals surface area contributed by atoms with Gasteiger partial charge in [-0.3, -0.25) is 19.9 Å². The van der Waals surface area contributed by atoms with Crippen LogP contribution in [0.15, 0.2) is 85.7 Å². The first-order valence-corrected chi connectivity index (χ1v) is 17.4. The number of rotatable bonds is 8. The van der Waals surface area contributed by atoms with Crippen molar-refractivity contribution < 1.29 is 4.12 Å². The molecule has 0 saturated carbocycles. The maximum atomic E-state index is 6.94. The van der Waals surface area contributed by atoms with E-state index in [2.05, 4.69) is 107 Å². The molecule has 0 atom stereocenters. The smallest absolute Gasteiger partial charge is 0.206 e. The van der Waals surface area contributed by atoms with Crippen LogP contribution in [-0.2, 0) is 4.12 Å². The number of benzene rings is 2. The van der Waals surface area contributed by atoms with Gasteiger partial charge in [0.15, 0.2) is 0 Å². The predicted molar refractivity (Wildman–Crippen MR) is 150 cm³/mol. The molecule has 176 valence electrons. The minimum absolute atomic E-state index is 0.845. The SMILES string of the molecule is C[Si](C)(O[Si](C)(C)c1ccc(/C=C/c2cnccn2)cc1)c1ccc(/C=C/c2cnccn2)cc1. The Morgan fingerprint density at radius 2 is 0.943 bits per heavy atom. The van der Waals surface area contributed by atoms with Crippen molar-refractivity contribution in [2.45, 2.75) is 26.2 Å². The van der Waals surface area contributed by atoms with Crippen LogP contribution in [-0.4, -0.2) is 36.6 Å². The molecule has 7 heteroatoms. The van der Waals surface area contributed by atoms with Crippen LogP contribution in [0, 0.1) is 0 Å². The highest BCUT2D eigenvalue weighted by Gasteiger charge is 2.35. The Balaban J connectivity index is 1.43. The molecule has 0 bridgehead atoms. The standard InChI is InChI=1S/C28H30N4OSi2/c1-34(2,27-13-7-23(8-14-27)5-11-25-21-29-17-19-31-25)33-35(3,4)28-15-9-24(10-16-28)6-12-26-22-30-18-20-32-26/h5-22H,1-4H3/b11-5+,12-6+. The molecule has 2 heterocycles. The molecule has 4 aromatic rings. The lowest BCUT2D eigenvalue weighted by Gasteiger charge is -2.34. The van der Waals surface area contributed by atoms with Crippen LogP contribution in [0.5, 0.6) is 0 Å². The first kappa shape index (κ1) is 24.6. The molecule has 4 rings (SSSR count). The zero-order valence-electron chi connectivity index (χ0n) is 20.6. The molecule has 0 aliphatic carbocycles. The highest BCUT2D eigenvalue weighted by atomic mass is 28.4. The van der Waals surface area contributed by atoms with Gasteiger partial charge in [0.25, 0.3) is 0 Å². The highest BCUT2D eigenvalue weighted by molar-refractivity contribution is 6.96. The van der Waals surface area contributed by atoms with Gasteiger partial charge in [0.2, 0.25) is 16.6 Å². The third kappa shape index (κ3) is 6.76. The summed E-state index contributed by atoms with van der Waals surface area (Å²) >= 11 is 0. The fourth-order valence-electron chi connectivity index (χ4n) is 3.90. The summed E-state index contributed by atoms with van der Waals surface area (Å²) in [6, 6.07) is 17.4. The quantitative estimate of drug-likeness (QED) is 0.317. The van der Waals surface area contributed by atoms with Gasteiger partial charge < -0.3 is 4.12 Å². The maximum Gasteiger partial charge on any atom is 0.206 e. The van der Waals surface area contributed by atoms with Crippen molar-refractivity contribution in [3.8, 4) is 0 Å². The van der Waals surface area contributed by atoms with E-state index in [4.69, 9.17) is 4.12 Å². The fraction of sp³-hybridized carbons (Fsp3) is 0.143. The topological polar surface area (TPSA) is 60.8 Å². The van der Waals surface area contributed by atoms with Crippen molar-refractivity contribution in [1.29, 1.82) is 0 Å². The van der Waals surface area contributed by atoms with Crippen molar-refractivity contribution in [1.82, 2.24) is 19.9 Å². The summed E-state index contributed by atoms with van der Waals surface area (Å²) in [5.41, 5.74) is 3.95. The Hall–Kier alpha value is -3.53. The largest absolute Gasteiger partial charge is 0.449 e. The third-order valence-electron chi connectivity index (χ3n) is 5.78. The molecule has 5 nitrogen and oxygen atoms in total. The van der Waals surface area contributed by atoms with E-state index in [1.807, 2.05) is 12.2 Å². The molecule has 0 saturated heterocycles. The first-order chi connectivity index (χ1) is 16.8. The zero-order valence-corrected chi connectivity index (χ0v) is 22.6. The van der Waals surface area contributed by atoms with E-state index in [0.29, 0.717) is 0 Å². The first-order valence-electron chi connectivity index (χ1n) is 11.6. The average Bonchev–Trinajstić information content (AvgIpc) is 2.87. The van der Waals surface area contributed by atoms with E-state index in [9.17, 15) is 0 Å². The van der Waals surface area contributed by atoms with E-state index in [0.717, 1.165) is 22.5 Å². The van der Waals surface area contributed by atoms with Crippen LogP contribution in [0.1, 0.15) is 22.5 Å². The van der Waals surface area contributed by atoms with Crippen LogP contribution >= 0.6 is 0 Å². The monoisotopic (exact) mass is 494 g/mol. The van der Waals surface area contributed by atoms with Gasteiger partial charge in [-0.15, -0.1) is 0 Å². The van der Waals surface area contributed by atoms with E-state index in [-0.39, 0.29) is 0 Å². The highest BCUT2D eigenvalue weighted by Crippen LogP contribution is 2.17. The Labute approximate surface area is 209 Å². The molecule has 2 aromatic heterocycles. The molecule has 0 aliphatic rings. The Morgan fingerprint density at radius 1 is 0.543 bits per heavy atom. The predicted octanol–water partition coefficient (Wildman–Crippen LogP) is 5.15. The minimum Gasteiger partial charge on any atom is -0.449 e. The van der Waals surface area contributed by atoms with Crippen molar-refractivity contribution in [2.75, 3.05) is 0 Å². The molecule has 0 fully saturated rings. The molecule has 2 aromatic carbocycles. The molecule has 0 aliphatic heterocycles. The lowest BCUT2D eigenvalue weighted by Crippen LogP contribution is -2.57. The van der Waals surface area contributed by atoms with Gasteiger partial charge >= 0.3 is 0 Å². The second kappa shape index (κ2) is 10.8. The molecule has 0 amide bonds. The Bertz CT molecular complexity index is 1190.